The number of hydrogen-bond acceptors (Lipinski definition) is 3. The normalized spacial score (nSPS) is 15.6. The fraction of sp³-hybridized carbons (Fsp3) is 0.400. The van der Waals surface area contributed by atoms with Crippen LogP contribution in [0.5, 0.6) is 5.75 Å². The van der Waals surface area contributed by atoms with E-state index in [2.05, 4.69) is 17.0 Å². The fourth-order valence-corrected chi connectivity index (χ4v) is 4.16. The molecule has 0 amide bonds. The predicted octanol–water partition coefficient (Wildman–Crippen LogP) is 5.06. The number of likely N-dealkylation sites (tertiary alicyclic amines) is 1. The Labute approximate surface area is 160 Å². The summed E-state index contributed by atoms with van der Waals surface area (Å²) in [6.07, 6.45) is 3.44. The Balaban J connectivity index is 0.00000225. The Morgan fingerprint density at radius 2 is 1.68 bits per heavy atom. The summed E-state index contributed by atoms with van der Waals surface area (Å²) in [5.74, 6) is 0.755. The van der Waals surface area contributed by atoms with Gasteiger partial charge in [0.2, 0.25) is 0 Å². The molecular weight excluding hydrogens is 357 g/mol. The Morgan fingerprint density at radius 3 is 2.28 bits per heavy atom. The van der Waals surface area contributed by atoms with Crippen LogP contribution < -0.4 is 4.74 Å². The van der Waals surface area contributed by atoms with Crippen molar-refractivity contribution in [3.63, 3.8) is 0 Å². The number of piperidine rings is 1. The number of methoxy groups -OCH3 is 1. The van der Waals surface area contributed by atoms with E-state index in [9.17, 15) is 4.39 Å². The van der Waals surface area contributed by atoms with Crippen LogP contribution >= 0.6 is 24.2 Å². The zero-order chi connectivity index (χ0) is 16.8. The van der Waals surface area contributed by atoms with Crippen LogP contribution in [0.4, 0.5) is 4.39 Å². The van der Waals surface area contributed by atoms with E-state index in [0.29, 0.717) is 5.25 Å². The van der Waals surface area contributed by atoms with E-state index in [4.69, 9.17) is 4.74 Å². The molecule has 5 heteroatoms. The molecule has 136 valence electrons. The van der Waals surface area contributed by atoms with Crippen molar-refractivity contribution in [2.75, 3.05) is 26.7 Å². The number of hydrogen-bond donors (Lipinski definition) is 0. The van der Waals surface area contributed by atoms with Crippen LogP contribution in [-0.2, 0) is 6.42 Å². The highest BCUT2D eigenvalue weighted by Gasteiger charge is 2.19. The lowest BCUT2D eigenvalue weighted by Crippen LogP contribution is -2.36. The summed E-state index contributed by atoms with van der Waals surface area (Å²) in [6, 6.07) is 15.2. The van der Waals surface area contributed by atoms with Gasteiger partial charge in [-0.25, -0.2) is 4.39 Å². The maximum atomic E-state index is 12.9. The summed E-state index contributed by atoms with van der Waals surface area (Å²) in [5.41, 5.74) is 1.21. The standard InChI is InChI=1S/C20H24FNOS.ClH/c1-23-18-6-8-19(9-7-18)24-20-11-14-22(15-12-20)13-10-16-2-4-17(21)5-3-16;/h2-9,20H,10-15H2,1H3;1H. The Kier molecular flexibility index (Phi) is 8.07. The molecule has 0 aliphatic carbocycles. The molecule has 2 aromatic rings. The van der Waals surface area contributed by atoms with Gasteiger partial charge in [-0.3, -0.25) is 0 Å². The molecule has 25 heavy (non-hydrogen) atoms. The maximum Gasteiger partial charge on any atom is 0.123 e. The van der Waals surface area contributed by atoms with Gasteiger partial charge in [-0.1, -0.05) is 12.1 Å². The van der Waals surface area contributed by atoms with Gasteiger partial charge in [0.15, 0.2) is 0 Å². The maximum absolute atomic E-state index is 12.9. The van der Waals surface area contributed by atoms with Crippen LogP contribution in [-0.4, -0.2) is 36.9 Å². The van der Waals surface area contributed by atoms with Gasteiger partial charge in [0.25, 0.3) is 0 Å². The minimum absolute atomic E-state index is 0. The molecule has 1 saturated heterocycles. The second kappa shape index (κ2) is 10.0. The lowest BCUT2D eigenvalue weighted by Gasteiger charge is -2.31. The topological polar surface area (TPSA) is 12.5 Å². The van der Waals surface area contributed by atoms with Gasteiger partial charge >= 0.3 is 0 Å². The molecule has 1 aliphatic heterocycles. The molecule has 0 unspecified atom stereocenters. The van der Waals surface area contributed by atoms with Crippen LogP contribution in [0.15, 0.2) is 53.4 Å². The molecule has 0 spiro atoms. The van der Waals surface area contributed by atoms with Crippen molar-refractivity contribution in [1.82, 2.24) is 4.90 Å². The lowest BCUT2D eigenvalue weighted by molar-refractivity contribution is 0.235. The van der Waals surface area contributed by atoms with Gasteiger partial charge < -0.3 is 9.64 Å². The molecule has 2 aromatic carbocycles. The molecule has 1 aliphatic rings. The fourth-order valence-electron chi connectivity index (χ4n) is 3.04. The molecule has 0 saturated carbocycles. The van der Waals surface area contributed by atoms with Gasteiger partial charge in [0.1, 0.15) is 11.6 Å². The van der Waals surface area contributed by atoms with E-state index >= 15 is 0 Å². The SMILES string of the molecule is COc1ccc(SC2CCN(CCc3ccc(F)cc3)CC2)cc1.Cl. The second-order valence-corrected chi connectivity index (χ2v) is 7.58. The van der Waals surface area contributed by atoms with E-state index in [1.165, 1.54) is 23.3 Å². The van der Waals surface area contributed by atoms with Crippen molar-refractivity contribution in [1.29, 1.82) is 0 Å². The average molecular weight is 382 g/mol. The van der Waals surface area contributed by atoms with Crippen LogP contribution in [0, 0.1) is 5.82 Å². The first kappa shape index (κ1) is 20.1. The van der Waals surface area contributed by atoms with Gasteiger partial charge in [0, 0.05) is 16.7 Å². The largest absolute Gasteiger partial charge is 0.497 e. The van der Waals surface area contributed by atoms with Crippen molar-refractivity contribution in [3.8, 4) is 5.75 Å². The highest BCUT2D eigenvalue weighted by Crippen LogP contribution is 2.31. The highest BCUT2D eigenvalue weighted by atomic mass is 35.5. The smallest absolute Gasteiger partial charge is 0.123 e. The van der Waals surface area contributed by atoms with Gasteiger partial charge in [0.05, 0.1) is 7.11 Å². The van der Waals surface area contributed by atoms with E-state index in [1.807, 2.05) is 36.0 Å². The molecule has 0 N–H and O–H groups in total. The first-order valence-corrected chi connectivity index (χ1v) is 9.38. The van der Waals surface area contributed by atoms with Crippen LogP contribution in [0.2, 0.25) is 0 Å². The minimum Gasteiger partial charge on any atom is -0.497 e. The third-order valence-electron chi connectivity index (χ3n) is 4.53. The summed E-state index contributed by atoms with van der Waals surface area (Å²) in [5, 5.41) is 0.695. The summed E-state index contributed by atoms with van der Waals surface area (Å²) in [6.45, 7) is 3.36. The Bertz CT molecular complexity index is 627. The second-order valence-electron chi connectivity index (χ2n) is 6.21. The van der Waals surface area contributed by atoms with Crippen LogP contribution in [0.1, 0.15) is 18.4 Å². The predicted molar refractivity (Wildman–Crippen MR) is 106 cm³/mol. The average Bonchev–Trinajstić information content (AvgIpc) is 2.63. The molecular formula is C20H25ClFNOS. The summed E-state index contributed by atoms with van der Waals surface area (Å²) < 4.78 is 18.1. The molecule has 0 radical (unpaired) electrons. The molecule has 0 aromatic heterocycles. The minimum atomic E-state index is -0.157. The van der Waals surface area contributed by atoms with Crippen molar-refractivity contribution in [3.05, 3.63) is 59.9 Å². The van der Waals surface area contributed by atoms with Crippen molar-refractivity contribution >= 4 is 24.2 Å². The first-order chi connectivity index (χ1) is 11.7. The number of halogens is 2. The zero-order valence-electron chi connectivity index (χ0n) is 14.5. The number of nitrogens with zero attached hydrogens (tertiary/aromatic N) is 1. The Morgan fingerprint density at radius 1 is 1.04 bits per heavy atom. The van der Waals surface area contributed by atoms with Crippen LogP contribution in [0.3, 0.4) is 0 Å². The third kappa shape index (κ3) is 6.21. The van der Waals surface area contributed by atoms with E-state index < -0.39 is 0 Å². The number of benzene rings is 2. The quantitative estimate of drug-likeness (QED) is 0.694. The molecule has 0 bridgehead atoms. The van der Waals surface area contributed by atoms with Crippen molar-refractivity contribution in [2.45, 2.75) is 29.4 Å². The zero-order valence-corrected chi connectivity index (χ0v) is 16.1. The van der Waals surface area contributed by atoms with Gasteiger partial charge in [-0.15, -0.1) is 24.2 Å². The highest BCUT2D eigenvalue weighted by molar-refractivity contribution is 8.00. The molecule has 0 atom stereocenters. The summed E-state index contributed by atoms with van der Waals surface area (Å²) in [7, 11) is 1.70. The number of thioether (sulfide) groups is 1. The number of rotatable bonds is 6. The Hall–Kier alpha value is -1.23. The third-order valence-corrected chi connectivity index (χ3v) is 5.88. The monoisotopic (exact) mass is 381 g/mol. The lowest BCUT2D eigenvalue weighted by atomic mass is 10.1. The van der Waals surface area contributed by atoms with Crippen molar-refractivity contribution < 1.29 is 9.13 Å². The molecule has 1 fully saturated rings. The van der Waals surface area contributed by atoms with E-state index in [0.717, 1.165) is 31.8 Å². The summed E-state index contributed by atoms with van der Waals surface area (Å²) in [4.78, 5) is 3.84. The van der Waals surface area contributed by atoms with Gasteiger partial charge in [-0.2, -0.15) is 0 Å². The molecule has 3 rings (SSSR count). The molecule has 2 nitrogen and oxygen atoms in total. The van der Waals surface area contributed by atoms with Gasteiger partial charge in [-0.05, 0) is 74.3 Å². The van der Waals surface area contributed by atoms with E-state index in [1.54, 1.807) is 19.2 Å². The van der Waals surface area contributed by atoms with Crippen LogP contribution in [0.25, 0.3) is 0 Å². The van der Waals surface area contributed by atoms with E-state index in [-0.39, 0.29) is 18.2 Å². The first-order valence-electron chi connectivity index (χ1n) is 8.50. The molecule has 1 heterocycles. The summed E-state index contributed by atoms with van der Waals surface area (Å²) >= 11 is 1.98. The van der Waals surface area contributed by atoms with Crippen molar-refractivity contribution in [2.24, 2.45) is 0 Å². The number of ether oxygens (including phenoxy) is 1.